The van der Waals surface area contributed by atoms with E-state index in [1.165, 1.54) is 11.1 Å². The minimum atomic E-state index is 0.241. The number of aryl methyl sites for hydroxylation is 4. The van der Waals surface area contributed by atoms with Crippen molar-refractivity contribution in [3.63, 3.8) is 0 Å². The third-order valence-corrected chi connectivity index (χ3v) is 5.38. The second kappa shape index (κ2) is 7.62. The molecule has 3 aromatic rings. The van der Waals surface area contributed by atoms with E-state index in [2.05, 4.69) is 47.0 Å². The van der Waals surface area contributed by atoms with Crippen LogP contribution >= 0.6 is 0 Å². The highest BCUT2D eigenvalue weighted by Crippen LogP contribution is 2.24. The van der Waals surface area contributed by atoms with Crippen molar-refractivity contribution in [2.75, 3.05) is 18.0 Å². The molecule has 1 saturated heterocycles. The molecule has 1 fully saturated rings. The van der Waals surface area contributed by atoms with Crippen LogP contribution in [0.2, 0.25) is 0 Å². The van der Waals surface area contributed by atoms with Gasteiger partial charge in [-0.15, -0.1) is 0 Å². The van der Waals surface area contributed by atoms with E-state index in [-0.39, 0.29) is 6.10 Å². The number of hydrogen-bond acceptors (Lipinski definition) is 5. The molecule has 0 unspecified atom stereocenters. The van der Waals surface area contributed by atoms with Gasteiger partial charge in [0.15, 0.2) is 5.82 Å². The quantitative estimate of drug-likeness (QED) is 0.689. The zero-order valence-electron chi connectivity index (χ0n) is 17.0. The molecule has 0 spiro atoms. The van der Waals surface area contributed by atoms with Crippen molar-refractivity contribution >= 4 is 5.82 Å². The van der Waals surface area contributed by atoms with E-state index in [0.717, 1.165) is 54.7 Å². The van der Waals surface area contributed by atoms with Gasteiger partial charge in [-0.25, -0.2) is 9.67 Å². The maximum atomic E-state index is 6.21. The highest BCUT2D eigenvalue weighted by atomic mass is 16.5. The summed E-state index contributed by atoms with van der Waals surface area (Å²) >= 11 is 0. The van der Waals surface area contributed by atoms with Crippen molar-refractivity contribution < 1.29 is 4.74 Å². The lowest BCUT2D eigenvalue weighted by Crippen LogP contribution is -2.38. The van der Waals surface area contributed by atoms with E-state index < -0.39 is 0 Å². The van der Waals surface area contributed by atoms with Crippen LogP contribution in [0.5, 0.6) is 5.75 Å². The number of hydrogen-bond donors (Lipinski definition) is 0. The van der Waals surface area contributed by atoms with Gasteiger partial charge in [0.2, 0.25) is 0 Å². The summed E-state index contributed by atoms with van der Waals surface area (Å²) in [5.41, 5.74) is 4.60. The lowest BCUT2D eigenvalue weighted by Gasteiger charge is -2.33. The van der Waals surface area contributed by atoms with Gasteiger partial charge in [0, 0.05) is 31.6 Å². The topological polar surface area (TPSA) is 56.1 Å². The van der Waals surface area contributed by atoms with E-state index in [4.69, 9.17) is 9.72 Å². The van der Waals surface area contributed by atoms with Crippen molar-refractivity contribution in [2.24, 2.45) is 0 Å². The molecule has 4 rings (SSSR count). The zero-order valence-corrected chi connectivity index (χ0v) is 17.0. The molecule has 2 aromatic heterocycles. The molecule has 6 heteroatoms. The summed E-state index contributed by atoms with van der Waals surface area (Å²) in [4.78, 5) is 11.5. The first kappa shape index (κ1) is 18.5. The Morgan fingerprint density at radius 2 is 1.68 bits per heavy atom. The number of benzene rings is 1. The van der Waals surface area contributed by atoms with Crippen molar-refractivity contribution in [3.05, 3.63) is 59.2 Å². The lowest BCUT2D eigenvalue weighted by atomic mass is 10.1. The molecular formula is C22H27N5O. The fourth-order valence-electron chi connectivity index (χ4n) is 3.64. The van der Waals surface area contributed by atoms with Gasteiger partial charge in [0.05, 0.1) is 18.1 Å². The van der Waals surface area contributed by atoms with E-state index in [9.17, 15) is 0 Å². The maximum Gasteiger partial charge on any atom is 0.174 e. The Balaban J connectivity index is 1.42. The molecule has 0 radical (unpaired) electrons. The number of ether oxygens (including phenoxy) is 1. The molecule has 1 aromatic carbocycles. The first-order valence-electron chi connectivity index (χ1n) is 9.84. The maximum absolute atomic E-state index is 6.21. The van der Waals surface area contributed by atoms with Crippen LogP contribution in [0.25, 0.3) is 5.82 Å². The fraction of sp³-hybridized carbons (Fsp3) is 0.409. The lowest BCUT2D eigenvalue weighted by molar-refractivity contribution is 0.170. The van der Waals surface area contributed by atoms with Crippen molar-refractivity contribution in [3.8, 4) is 11.6 Å². The first-order chi connectivity index (χ1) is 13.5. The standard InChI is InChI=1S/C22H27N5O/c1-15-5-6-20(11-16(15)2)28-19-7-9-26(10-8-19)21-13-23-14-22(24-21)27-18(4)12-17(3)25-27/h5-6,11-14,19H,7-10H2,1-4H3. The van der Waals surface area contributed by atoms with Crippen LogP contribution in [0, 0.1) is 27.7 Å². The summed E-state index contributed by atoms with van der Waals surface area (Å²) < 4.78 is 8.06. The Morgan fingerprint density at radius 3 is 2.36 bits per heavy atom. The third kappa shape index (κ3) is 3.86. The molecule has 0 N–H and O–H groups in total. The molecule has 6 nitrogen and oxygen atoms in total. The molecule has 1 aliphatic heterocycles. The first-order valence-corrected chi connectivity index (χ1v) is 9.84. The monoisotopic (exact) mass is 377 g/mol. The van der Waals surface area contributed by atoms with Gasteiger partial charge in [-0.1, -0.05) is 6.07 Å². The van der Waals surface area contributed by atoms with Gasteiger partial charge in [-0.05, 0) is 57.0 Å². The second-order valence-electron chi connectivity index (χ2n) is 7.62. The molecule has 0 saturated carbocycles. The molecule has 1 aliphatic rings. The summed E-state index contributed by atoms with van der Waals surface area (Å²) in [5.74, 6) is 2.62. The van der Waals surface area contributed by atoms with Gasteiger partial charge in [-0.3, -0.25) is 4.98 Å². The number of rotatable bonds is 4. The second-order valence-corrected chi connectivity index (χ2v) is 7.62. The predicted octanol–water partition coefficient (Wildman–Crippen LogP) is 3.94. The summed E-state index contributed by atoms with van der Waals surface area (Å²) in [6.07, 6.45) is 5.78. The number of piperidine rings is 1. The Kier molecular flexibility index (Phi) is 5.03. The Hall–Kier alpha value is -2.89. The minimum Gasteiger partial charge on any atom is -0.490 e. The summed E-state index contributed by atoms with van der Waals surface area (Å²) in [5, 5.41) is 4.51. The van der Waals surface area contributed by atoms with Crippen LogP contribution in [0.15, 0.2) is 36.7 Å². The minimum absolute atomic E-state index is 0.241. The number of aromatic nitrogens is 4. The smallest absolute Gasteiger partial charge is 0.174 e. The molecule has 146 valence electrons. The summed E-state index contributed by atoms with van der Waals surface area (Å²) in [6.45, 7) is 10.1. The molecule has 0 amide bonds. The van der Waals surface area contributed by atoms with Gasteiger partial charge < -0.3 is 9.64 Å². The van der Waals surface area contributed by atoms with Crippen molar-refractivity contribution in [1.82, 2.24) is 19.7 Å². The summed E-state index contributed by atoms with van der Waals surface area (Å²) in [7, 11) is 0. The van der Waals surface area contributed by atoms with Crippen LogP contribution in [0.3, 0.4) is 0 Å². The van der Waals surface area contributed by atoms with E-state index in [0.29, 0.717) is 0 Å². The molecular weight excluding hydrogens is 350 g/mol. The van der Waals surface area contributed by atoms with Crippen LogP contribution in [0.4, 0.5) is 5.82 Å². The Bertz CT molecular complexity index is 973. The average molecular weight is 377 g/mol. The Morgan fingerprint density at radius 1 is 0.929 bits per heavy atom. The largest absolute Gasteiger partial charge is 0.490 e. The van der Waals surface area contributed by atoms with Gasteiger partial charge in [-0.2, -0.15) is 5.10 Å². The number of nitrogens with zero attached hydrogens (tertiary/aromatic N) is 5. The van der Waals surface area contributed by atoms with Gasteiger partial charge >= 0.3 is 0 Å². The molecule has 0 atom stereocenters. The predicted molar refractivity (Wildman–Crippen MR) is 110 cm³/mol. The van der Waals surface area contributed by atoms with Crippen LogP contribution in [0.1, 0.15) is 35.4 Å². The van der Waals surface area contributed by atoms with E-state index in [1.807, 2.05) is 30.8 Å². The van der Waals surface area contributed by atoms with E-state index in [1.54, 1.807) is 6.20 Å². The molecule has 28 heavy (non-hydrogen) atoms. The van der Waals surface area contributed by atoms with E-state index >= 15 is 0 Å². The summed E-state index contributed by atoms with van der Waals surface area (Å²) in [6, 6.07) is 8.37. The van der Waals surface area contributed by atoms with Crippen LogP contribution in [-0.2, 0) is 0 Å². The van der Waals surface area contributed by atoms with Crippen LogP contribution < -0.4 is 9.64 Å². The van der Waals surface area contributed by atoms with Crippen LogP contribution in [-0.4, -0.2) is 38.9 Å². The molecule has 0 bridgehead atoms. The third-order valence-electron chi connectivity index (χ3n) is 5.38. The normalized spacial score (nSPS) is 15.1. The molecule has 3 heterocycles. The average Bonchev–Trinajstić information content (AvgIpc) is 3.04. The highest BCUT2D eigenvalue weighted by Gasteiger charge is 2.22. The van der Waals surface area contributed by atoms with Gasteiger partial charge in [0.25, 0.3) is 0 Å². The number of anilines is 1. The molecule has 0 aliphatic carbocycles. The van der Waals surface area contributed by atoms with Crippen molar-refractivity contribution in [2.45, 2.75) is 46.6 Å². The van der Waals surface area contributed by atoms with Gasteiger partial charge in [0.1, 0.15) is 17.7 Å². The Labute approximate surface area is 166 Å². The zero-order chi connectivity index (χ0) is 19.7. The highest BCUT2D eigenvalue weighted by molar-refractivity contribution is 5.40. The fourth-order valence-corrected chi connectivity index (χ4v) is 3.64. The van der Waals surface area contributed by atoms with Crippen molar-refractivity contribution in [1.29, 1.82) is 0 Å². The SMILES string of the molecule is Cc1cc(C)n(-c2cncc(N3CCC(Oc4ccc(C)c(C)c4)CC3)n2)n1.